The van der Waals surface area contributed by atoms with Gasteiger partial charge >= 0.3 is 5.97 Å². The van der Waals surface area contributed by atoms with E-state index >= 15 is 0 Å². The molecule has 0 spiro atoms. The molecule has 1 aromatic rings. The highest BCUT2D eigenvalue weighted by Gasteiger charge is 2.36. The number of esters is 1. The second-order valence-corrected chi connectivity index (χ2v) is 7.05. The number of benzene rings is 1. The number of amides is 3. The van der Waals surface area contributed by atoms with E-state index in [1.165, 1.54) is 19.2 Å². The van der Waals surface area contributed by atoms with Gasteiger partial charge < -0.3 is 9.64 Å². The number of piperidine rings is 1. The number of methoxy groups -OCH3 is 1. The van der Waals surface area contributed by atoms with E-state index in [2.05, 4.69) is 0 Å². The number of nitrogens with zero attached hydrogens (tertiary/aromatic N) is 3. The summed E-state index contributed by atoms with van der Waals surface area (Å²) in [4.78, 5) is 61.8. The monoisotopic (exact) mass is 403 g/mol. The number of non-ortho nitro benzene ring substituents is 1. The lowest BCUT2D eigenvalue weighted by Crippen LogP contribution is -2.42. The Morgan fingerprint density at radius 3 is 2.66 bits per heavy atom. The van der Waals surface area contributed by atoms with Crippen molar-refractivity contribution in [2.24, 2.45) is 5.92 Å². The molecule has 1 saturated heterocycles. The molecule has 1 aromatic carbocycles. The summed E-state index contributed by atoms with van der Waals surface area (Å²) in [5.41, 5.74) is -0.122. The van der Waals surface area contributed by atoms with Crippen LogP contribution in [0.3, 0.4) is 0 Å². The van der Waals surface area contributed by atoms with Gasteiger partial charge in [-0.1, -0.05) is 0 Å². The third-order valence-electron chi connectivity index (χ3n) is 5.25. The molecule has 2 aliphatic rings. The molecule has 3 amide bonds. The molecule has 10 heteroatoms. The largest absolute Gasteiger partial charge is 0.469 e. The van der Waals surface area contributed by atoms with Gasteiger partial charge in [0.15, 0.2) is 0 Å². The van der Waals surface area contributed by atoms with Crippen molar-refractivity contribution in [1.82, 2.24) is 9.80 Å². The molecule has 1 fully saturated rings. The zero-order valence-electron chi connectivity index (χ0n) is 16.0. The Kier molecular flexibility index (Phi) is 5.90. The number of rotatable bonds is 6. The second kappa shape index (κ2) is 8.38. The number of fused-ring (bicyclic) bond motifs is 1. The predicted molar refractivity (Wildman–Crippen MR) is 99.0 cm³/mol. The molecule has 1 unspecified atom stereocenters. The SMILES string of the molecule is COC(=O)C1CCCN(C(=O)CCCN2C(=O)c3ccc([N+](=O)[O-])cc3C2=O)C1. The van der Waals surface area contributed by atoms with Gasteiger partial charge in [-0.15, -0.1) is 0 Å². The first-order chi connectivity index (χ1) is 13.8. The minimum atomic E-state index is -0.625. The van der Waals surface area contributed by atoms with E-state index in [1.807, 2.05) is 0 Å². The Morgan fingerprint density at radius 2 is 1.97 bits per heavy atom. The molecule has 0 saturated carbocycles. The molecule has 3 rings (SSSR count). The molecule has 0 aromatic heterocycles. The molecule has 154 valence electrons. The van der Waals surface area contributed by atoms with Gasteiger partial charge in [-0.25, -0.2) is 0 Å². The van der Waals surface area contributed by atoms with Crippen molar-refractivity contribution < 1.29 is 28.8 Å². The van der Waals surface area contributed by atoms with E-state index in [9.17, 15) is 29.3 Å². The Hall–Kier alpha value is -3.30. The molecule has 0 bridgehead atoms. The zero-order chi connectivity index (χ0) is 21.1. The number of carbonyl (C=O) groups is 4. The van der Waals surface area contributed by atoms with Crippen LogP contribution < -0.4 is 0 Å². The van der Waals surface area contributed by atoms with Crippen molar-refractivity contribution in [2.75, 3.05) is 26.7 Å². The second-order valence-electron chi connectivity index (χ2n) is 7.05. The van der Waals surface area contributed by atoms with E-state index in [0.29, 0.717) is 25.9 Å². The maximum Gasteiger partial charge on any atom is 0.310 e. The number of likely N-dealkylation sites (tertiary alicyclic amines) is 1. The molecule has 2 aliphatic heterocycles. The van der Waals surface area contributed by atoms with Crippen molar-refractivity contribution in [3.05, 3.63) is 39.4 Å². The highest BCUT2D eigenvalue weighted by atomic mass is 16.6. The van der Waals surface area contributed by atoms with E-state index < -0.39 is 16.7 Å². The average molecular weight is 403 g/mol. The van der Waals surface area contributed by atoms with Crippen molar-refractivity contribution >= 4 is 29.4 Å². The third kappa shape index (κ3) is 4.10. The van der Waals surface area contributed by atoms with Gasteiger partial charge in [0.2, 0.25) is 5.91 Å². The van der Waals surface area contributed by atoms with Crippen LogP contribution in [0.15, 0.2) is 18.2 Å². The number of ether oxygens (including phenoxy) is 1. The summed E-state index contributed by atoms with van der Waals surface area (Å²) >= 11 is 0. The Balaban J connectivity index is 1.56. The molecule has 0 radical (unpaired) electrons. The number of hydrogen-bond donors (Lipinski definition) is 0. The molecule has 0 N–H and O–H groups in total. The molecule has 29 heavy (non-hydrogen) atoms. The van der Waals surface area contributed by atoms with Gasteiger partial charge in [-0.05, 0) is 25.3 Å². The van der Waals surface area contributed by atoms with Crippen LogP contribution in [0.1, 0.15) is 46.4 Å². The minimum Gasteiger partial charge on any atom is -0.469 e. The number of hydrogen-bond acceptors (Lipinski definition) is 7. The van der Waals surface area contributed by atoms with Crippen LogP contribution in [0.5, 0.6) is 0 Å². The summed E-state index contributed by atoms with van der Waals surface area (Å²) in [6.07, 6.45) is 1.79. The number of nitro groups is 1. The smallest absolute Gasteiger partial charge is 0.310 e. The summed E-state index contributed by atoms with van der Waals surface area (Å²) in [7, 11) is 1.32. The molecule has 2 heterocycles. The van der Waals surface area contributed by atoms with Crippen LogP contribution >= 0.6 is 0 Å². The van der Waals surface area contributed by atoms with Gasteiger partial charge in [-0.3, -0.25) is 34.2 Å². The fourth-order valence-corrected chi connectivity index (χ4v) is 3.70. The quantitative estimate of drug-likeness (QED) is 0.304. The predicted octanol–water partition coefficient (Wildman–Crippen LogP) is 1.38. The highest BCUT2D eigenvalue weighted by molar-refractivity contribution is 6.21. The number of imide groups is 1. The Bertz CT molecular complexity index is 883. The highest BCUT2D eigenvalue weighted by Crippen LogP contribution is 2.27. The van der Waals surface area contributed by atoms with Gasteiger partial charge in [0.1, 0.15) is 0 Å². The summed E-state index contributed by atoms with van der Waals surface area (Å²) in [5, 5.41) is 10.9. The summed E-state index contributed by atoms with van der Waals surface area (Å²) in [5.74, 6) is -1.92. The molecule has 10 nitrogen and oxygen atoms in total. The van der Waals surface area contributed by atoms with Crippen LogP contribution in [0.2, 0.25) is 0 Å². The van der Waals surface area contributed by atoms with Crippen molar-refractivity contribution in [2.45, 2.75) is 25.7 Å². The standard InChI is InChI=1S/C19H21N3O7/c1-29-19(26)12-4-2-8-20(11-12)16(23)5-3-9-21-17(24)14-7-6-13(22(27)28)10-15(14)18(21)25/h6-7,10,12H,2-5,8-9,11H2,1H3. The first kappa shape index (κ1) is 20.4. The lowest BCUT2D eigenvalue weighted by atomic mass is 9.98. The van der Waals surface area contributed by atoms with E-state index in [-0.39, 0.29) is 54.0 Å². The lowest BCUT2D eigenvalue weighted by Gasteiger charge is -2.31. The topological polar surface area (TPSA) is 127 Å². The minimum absolute atomic E-state index is 0.00692. The Morgan fingerprint density at radius 1 is 1.24 bits per heavy atom. The maximum absolute atomic E-state index is 12.4. The van der Waals surface area contributed by atoms with Crippen LogP contribution in [0, 0.1) is 16.0 Å². The summed E-state index contributed by atoms with van der Waals surface area (Å²) < 4.78 is 4.74. The van der Waals surface area contributed by atoms with Crippen LogP contribution in [-0.4, -0.2) is 65.2 Å². The van der Waals surface area contributed by atoms with Crippen LogP contribution in [0.25, 0.3) is 0 Å². The van der Waals surface area contributed by atoms with Crippen molar-refractivity contribution in [1.29, 1.82) is 0 Å². The Labute approximate surface area is 166 Å². The molecule has 1 atom stereocenters. The van der Waals surface area contributed by atoms with E-state index in [0.717, 1.165) is 11.0 Å². The lowest BCUT2D eigenvalue weighted by molar-refractivity contribution is -0.384. The fourth-order valence-electron chi connectivity index (χ4n) is 3.70. The summed E-state index contributed by atoms with van der Waals surface area (Å²) in [6.45, 7) is 0.908. The summed E-state index contributed by atoms with van der Waals surface area (Å²) in [6, 6.07) is 3.56. The average Bonchev–Trinajstić information content (AvgIpc) is 2.97. The van der Waals surface area contributed by atoms with Gasteiger partial charge in [-0.2, -0.15) is 0 Å². The van der Waals surface area contributed by atoms with Crippen molar-refractivity contribution in [3.63, 3.8) is 0 Å². The molecular weight excluding hydrogens is 382 g/mol. The van der Waals surface area contributed by atoms with Crippen LogP contribution in [-0.2, 0) is 14.3 Å². The third-order valence-corrected chi connectivity index (χ3v) is 5.25. The van der Waals surface area contributed by atoms with Gasteiger partial charge in [0, 0.05) is 38.2 Å². The zero-order valence-corrected chi connectivity index (χ0v) is 16.0. The molecular formula is C19H21N3O7. The van der Waals surface area contributed by atoms with E-state index in [4.69, 9.17) is 4.74 Å². The number of nitro benzene ring substituents is 1. The number of carbonyl (C=O) groups excluding carboxylic acids is 4. The van der Waals surface area contributed by atoms with E-state index in [1.54, 1.807) is 4.90 Å². The van der Waals surface area contributed by atoms with Crippen LogP contribution in [0.4, 0.5) is 5.69 Å². The first-order valence-electron chi connectivity index (χ1n) is 9.33. The maximum atomic E-state index is 12.4. The normalized spacial score (nSPS) is 18.6. The van der Waals surface area contributed by atoms with Gasteiger partial charge in [0.25, 0.3) is 17.5 Å². The first-order valence-corrected chi connectivity index (χ1v) is 9.33. The van der Waals surface area contributed by atoms with Crippen molar-refractivity contribution in [3.8, 4) is 0 Å². The fraction of sp³-hybridized carbons (Fsp3) is 0.474. The van der Waals surface area contributed by atoms with Gasteiger partial charge in [0.05, 0.1) is 29.1 Å². The molecule has 0 aliphatic carbocycles.